The first-order valence-corrected chi connectivity index (χ1v) is 5.06. The predicted molar refractivity (Wildman–Crippen MR) is 56.2 cm³/mol. The summed E-state index contributed by atoms with van der Waals surface area (Å²) in [6.45, 7) is 5.89. The van der Waals surface area contributed by atoms with Crippen LogP contribution in [0.25, 0.3) is 0 Å². The summed E-state index contributed by atoms with van der Waals surface area (Å²) in [6.07, 6.45) is 0.568. The lowest BCUT2D eigenvalue weighted by Gasteiger charge is -2.34. The molecule has 0 aromatic carbocycles. The minimum absolute atomic E-state index is 0.130. The number of carbonyl (C=O) groups excluding carboxylic acids is 1. The molecule has 0 aromatic heterocycles. The van der Waals surface area contributed by atoms with Crippen LogP contribution in [0.15, 0.2) is 12.2 Å². The number of nitriles is 1. The zero-order valence-electron chi connectivity index (χ0n) is 9.14. The number of likely N-dealkylation sites (tertiary alicyclic amines) is 1. The van der Waals surface area contributed by atoms with Gasteiger partial charge in [0.25, 0.3) is 5.91 Å². The number of hydrogen-bond donors (Lipinski definition) is 1. The first kappa shape index (κ1) is 12.2. The highest BCUT2D eigenvalue weighted by molar-refractivity contribution is 5.96. The van der Waals surface area contributed by atoms with Crippen LogP contribution >= 0.6 is 0 Å². The molecule has 1 fully saturated rings. The molecule has 5 nitrogen and oxygen atoms in total. The lowest BCUT2D eigenvalue weighted by atomic mass is 9.90. The molecule has 86 valence electrons. The number of rotatable bonds is 2. The van der Waals surface area contributed by atoms with Crippen LogP contribution in [0.4, 0.5) is 0 Å². The highest BCUT2D eigenvalue weighted by Crippen LogP contribution is 2.22. The molecule has 1 saturated heterocycles. The Kier molecular flexibility index (Phi) is 3.67. The third kappa shape index (κ3) is 2.60. The maximum atomic E-state index is 11.7. The van der Waals surface area contributed by atoms with Crippen LogP contribution in [0.1, 0.15) is 13.3 Å². The summed E-state index contributed by atoms with van der Waals surface area (Å²) in [6, 6.07) is 1.69. The van der Waals surface area contributed by atoms with E-state index in [1.54, 1.807) is 6.07 Å². The van der Waals surface area contributed by atoms with Gasteiger partial charge in [-0.15, -0.1) is 0 Å². The van der Waals surface area contributed by atoms with Crippen LogP contribution < -0.4 is 0 Å². The van der Waals surface area contributed by atoms with E-state index in [1.165, 1.54) is 4.90 Å². The van der Waals surface area contributed by atoms with Gasteiger partial charge >= 0.3 is 5.97 Å². The van der Waals surface area contributed by atoms with E-state index in [0.717, 1.165) is 0 Å². The van der Waals surface area contributed by atoms with E-state index in [4.69, 9.17) is 10.4 Å². The number of nitrogens with zero attached hydrogens (tertiary/aromatic N) is 2. The largest absolute Gasteiger partial charge is 0.481 e. The molecule has 1 rings (SSSR count). The number of piperidine rings is 1. The van der Waals surface area contributed by atoms with Crippen LogP contribution in [0.2, 0.25) is 0 Å². The number of hydrogen-bond acceptors (Lipinski definition) is 3. The fraction of sp³-hybridized carbons (Fsp3) is 0.545. The van der Waals surface area contributed by atoms with Crippen LogP contribution in [0.3, 0.4) is 0 Å². The quantitative estimate of drug-likeness (QED) is 0.549. The van der Waals surface area contributed by atoms with Crippen molar-refractivity contribution in [1.29, 1.82) is 5.26 Å². The van der Waals surface area contributed by atoms with Gasteiger partial charge in [-0.3, -0.25) is 9.59 Å². The summed E-state index contributed by atoms with van der Waals surface area (Å²) in [5.74, 6) is -1.77. The molecule has 1 heterocycles. The number of amides is 1. The second-order valence-corrected chi connectivity index (χ2v) is 4.18. The second-order valence-electron chi connectivity index (χ2n) is 4.18. The normalized spacial score (nSPS) is 24.6. The Morgan fingerprint density at radius 3 is 2.62 bits per heavy atom. The highest BCUT2D eigenvalue weighted by Gasteiger charge is 2.32. The molecule has 2 unspecified atom stereocenters. The zero-order valence-corrected chi connectivity index (χ0v) is 9.14. The molecule has 0 aromatic rings. The molecule has 0 bridgehead atoms. The van der Waals surface area contributed by atoms with Gasteiger partial charge in [-0.25, -0.2) is 0 Å². The summed E-state index contributed by atoms with van der Waals surface area (Å²) < 4.78 is 0. The monoisotopic (exact) mass is 222 g/mol. The number of aliphatic carboxylic acids is 1. The molecular formula is C11H14N2O3. The van der Waals surface area contributed by atoms with E-state index >= 15 is 0 Å². The molecule has 2 atom stereocenters. The summed E-state index contributed by atoms with van der Waals surface area (Å²) in [7, 11) is 0. The Bertz CT molecular complexity index is 370. The molecule has 1 aliphatic heterocycles. The van der Waals surface area contributed by atoms with Crippen molar-refractivity contribution >= 4 is 11.9 Å². The smallest absolute Gasteiger partial charge is 0.308 e. The first-order valence-electron chi connectivity index (χ1n) is 5.06. The first-order chi connectivity index (χ1) is 7.45. The molecule has 16 heavy (non-hydrogen) atoms. The Hall–Kier alpha value is -1.83. The standard InChI is InChI=1S/C11H14N2O3/c1-7-3-9(11(15)16)6-13(5-7)10(14)8(2)4-12/h7,9H,2-3,5-6H2,1H3,(H,15,16). The minimum atomic E-state index is -0.896. The van der Waals surface area contributed by atoms with Crippen LogP contribution in [-0.4, -0.2) is 35.0 Å². The molecule has 0 aliphatic carbocycles. The van der Waals surface area contributed by atoms with E-state index in [2.05, 4.69) is 6.58 Å². The summed E-state index contributed by atoms with van der Waals surface area (Å²) >= 11 is 0. The third-order valence-corrected chi connectivity index (χ3v) is 2.69. The molecule has 1 N–H and O–H groups in total. The van der Waals surface area contributed by atoms with Crippen molar-refractivity contribution in [3.05, 3.63) is 12.2 Å². The van der Waals surface area contributed by atoms with Crippen LogP contribution in [-0.2, 0) is 9.59 Å². The van der Waals surface area contributed by atoms with E-state index in [0.29, 0.717) is 13.0 Å². The average Bonchev–Trinajstić information content (AvgIpc) is 2.26. The van der Waals surface area contributed by atoms with Crippen molar-refractivity contribution in [2.75, 3.05) is 13.1 Å². The maximum Gasteiger partial charge on any atom is 0.308 e. The predicted octanol–water partition coefficient (Wildman–Crippen LogP) is 0.635. The molecule has 1 amide bonds. The van der Waals surface area contributed by atoms with Gasteiger partial charge in [-0.1, -0.05) is 13.5 Å². The topological polar surface area (TPSA) is 81.4 Å². The van der Waals surface area contributed by atoms with Gasteiger partial charge in [-0.05, 0) is 12.3 Å². The minimum Gasteiger partial charge on any atom is -0.481 e. The van der Waals surface area contributed by atoms with Crippen LogP contribution in [0.5, 0.6) is 0 Å². The van der Waals surface area contributed by atoms with Gasteiger partial charge in [0, 0.05) is 13.1 Å². The highest BCUT2D eigenvalue weighted by atomic mass is 16.4. The zero-order chi connectivity index (χ0) is 12.3. The van der Waals surface area contributed by atoms with Gasteiger partial charge in [0.2, 0.25) is 0 Å². The Labute approximate surface area is 94.0 Å². The van der Waals surface area contributed by atoms with Crippen molar-refractivity contribution in [2.24, 2.45) is 11.8 Å². The molecule has 0 radical (unpaired) electrons. The van der Waals surface area contributed by atoms with Gasteiger partial charge in [-0.2, -0.15) is 5.26 Å². The van der Waals surface area contributed by atoms with Crippen molar-refractivity contribution in [3.63, 3.8) is 0 Å². The van der Waals surface area contributed by atoms with Gasteiger partial charge < -0.3 is 10.0 Å². The van der Waals surface area contributed by atoms with Gasteiger partial charge in [0.1, 0.15) is 11.6 Å². The van der Waals surface area contributed by atoms with Gasteiger partial charge in [0.05, 0.1) is 5.92 Å². The summed E-state index contributed by atoms with van der Waals surface area (Å²) in [5.41, 5.74) is -0.141. The lowest BCUT2D eigenvalue weighted by Crippen LogP contribution is -2.45. The van der Waals surface area contributed by atoms with Crippen LogP contribution in [0, 0.1) is 23.2 Å². The molecule has 1 aliphatic rings. The van der Waals surface area contributed by atoms with Gasteiger partial charge in [0.15, 0.2) is 0 Å². The Morgan fingerprint density at radius 2 is 2.12 bits per heavy atom. The molecule has 5 heteroatoms. The number of carboxylic acids is 1. The SMILES string of the molecule is C=C(C#N)C(=O)N1CC(C)CC(C(=O)O)C1. The van der Waals surface area contributed by atoms with E-state index in [-0.39, 0.29) is 18.0 Å². The van der Waals surface area contributed by atoms with Crippen molar-refractivity contribution in [3.8, 4) is 6.07 Å². The van der Waals surface area contributed by atoms with Crippen molar-refractivity contribution in [2.45, 2.75) is 13.3 Å². The number of carboxylic acid groups (broad SMARTS) is 1. The third-order valence-electron chi connectivity index (χ3n) is 2.69. The lowest BCUT2D eigenvalue weighted by molar-refractivity contribution is -0.146. The maximum absolute atomic E-state index is 11.7. The molecule has 0 spiro atoms. The fourth-order valence-corrected chi connectivity index (χ4v) is 1.93. The summed E-state index contributed by atoms with van der Waals surface area (Å²) in [5, 5.41) is 17.5. The molecule has 0 saturated carbocycles. The number of carbonyl (C=O) groups is 2. The summed E-state index contributed by atoms with van der Waals surface area (Å²) in [4.78, 5) is 23.9. The van der Waals surface area contributed by atoms with Crippen molar-refractivity contribution < 1.29 is 14.7 Å². The van der Waals surface area contributed by atoms with E-state index < -0.39 is 17.8 Å². The second kappa shape index (κ2) is 4.79. The van der Waals surface area contributed by atoms with E-state index in [1.807, 2.05) is 6.92 Å². The van der Waals surface area contributed by atoms with E-state index in [9.17, 15) is 9.59 Å². The molecular weight excluding hydrogens is 208 g/mol. The van der Waals surface area contributed by atoms with Crippen molar-refractivity contribution in [1.82, 2.24) is 4.90 Å². The fourth-order valence-electron chi connectivity index (χ4n) is 1.93. The average molecular weight is 222 g/mol. The Balaban J connectivity index is 2.75. The Morgan fingerprint density at radius 1 is 1.50 bits per heavy atom.